The molecular formula is C11H12O2. The van der Waals surface area contributed by atoms with Gasteiger partial charge in [-0.15, -0.1) is 12.3 Å². The Morgan fingerprint density at radius 2 is 2.46 bits per heavy atom. The van der Waals surface area contributed by atoms with E-state index in [2.05, 4.69) is 5.92 Å². The number of hydrogen-bond donors (Lipinski definition) is 0. The number of carbonyl (C=O) groups excluding carboxylic acids is 1. The first-order valence-electron chi connectivity index (χ1n) is 4.26. The Balaban J connectivity index is 2.50. The fourth-order valence-corrected chi connectivity index (χ4v) is 1.12. The van der Waals surface area contributed by atoms with E-state index < -0.39 is 0 Å². The molecule has 1 rings (SSSR count). The molecule has 0 unspecified atom stereocenters. The van der Waals surface area contributed by atoms with E-state index >= 15 is 0 Å². The molecule has 2 nitrogen and oxygen atoms in total. The predicted octanol–water partition coefficient (Wildman–Crippen LogP) is 2.57. The molecule has 0 atom stereocenters. The summed E-state index contributed by atoms with van der Waals surface area (Å²) >= 11 is 0. The highest BCUT2D eigenvalue weighted by Gasteiger charge is 2.11. The largest absolute Gasteiger partial charge is 0.461 e. The van der Waals surface area contributed by atoms with E-state index in [9.17, 15) is 4.79 Å². The van der Waals surface area contributed by atoms with Crippen LogP contribution in [0.25, 0.3) is 0 Å². The summed E-state index contributed by atoms with van der Waals surface area (Å²) in [5, 5.41) is 0. The molecule has 0 fully saturated rings. The maximum atomic E-state index is 11.4. The zero-order valence-corrected chi connectivity index (χ0v) is 7.67. The van der Waals surface area contributed by atoms with Gasteiger partial charge in [-0.3, -0.25) is 4.79 Å². The minimum atomic E-state index is 0.0396. The molecule has 0 spiro atoms. The van der Waals surface area contributed by atoms with Crippen LogP contribution in [0.2, 0.25) is 0 Å². The van der Waals surface area contributed by atoms with E-state index in [0.29, 0.717) is 18.6 Å². The minimum absolute atomic E-state index is 0.0396. The lowest BCUT2D eigenvalue weighted by Crippen LogP contribution is -1.98. The second kappa shape index (κ2) is 4.51. The van der Waals surface area contributed by atoms with Crippen molar-refractivity contribution in [2.24, 2.45) is 0 Å². The molecule has 68 valence electrons. The quantitative estimate of drug-likeness (QED) is 0.401. The molecule has 0 saturated carbocycles. The van der Waals surface area contributed by atoms with Crippen molar-refractivity contribution >= 4 is 5.78 Å². The Labute approximate surface area is 77.9 Å². The number of rotatable bonds is 4. The molecule has 0 saturated heterocycles. The van der Waals surface area contributed by atoms with Crippen LogP contribution in [-0.4, -0.2) is 5.78 Å². The fraction of sp³-hybridized carbons (Fsp3) is 0.364. The van der Waals surface area contributed by atoms with E-state index in [-0.39, 0.29) is 5.78 Å². The molecule has 0 N–H and O–H groups in total. The van der Waals surface area contributed by atoms with Gasteiger partial charge < -0.3 is 4.42 Å². The topological polar surface area (TPSA) is 30.2 Å². The van der Waals surface area contributed by atoms with E-state index in [1.165, 1.54) is 6.26 Å². The fourth-order valence-electron chi connectivity index (χ4n) is 1.12. The van der Waals surface area contributed by atoms with Crippen LogP contribution in [-0.2, 0) is 0 Å². The maximum absolute atomic E-state index is 11.4. The highest BCUT2D eigenvalue weighted by Crippen LogP contribution is 2.12. The summed E-state index contributed by atoms with van der Waals surface area (Å²) in [5.74, 6) is 3.01. The maximum Gasteiger partial charge on any atom is 0.198 e. The van der Waals surface area contributed by atoms with Crippen LogP contribution in [0.3, 0.4) is 0 Å². The van der Waals surface area contributed by atoms with Crippen molar-refractivity contribution in [3.63, 3.8) is 0 Å². The number of Topliss-reactive ketones (excluding diaryl/α,β-unsaturated/α-hetero) is 1. The Morgan fingerprint density at radius 1 is 1.69 bits per heavy atom. The van der Waals surface area contributed by atoms with Gasteiger partial charge in [0.05, 0.1) is 6.26 Å². The zero-order valence-electron chi connectivity index (χ0n) is 7.67. The summed E-state index contributed by atoms with van der Waals surface area (Å²) in [6.07, 6.45) is 8.46. The number of hydrogen-bond acceptors (Lipinski definition) is 2. The lowest BCUT2D eigenvalue weighted by Gasteiger charge is -1.95. The summed E-state index contributed by atoms with van der Waals surface area (Å²) < 4.78 is 5.06. The van der Waals surface area contributed by atoms with Crippen molar-refractivity contribution in [2.75, 3.05) is 0 Å². The van der Waals surface area contributed by atoms with Crippen LogP contribution in [0.5, 0.6) is 0 Å². The van der Waals surface area contributed by atoms with E-state index in [0.717, 1.165) is 12.0 Å². The molecular weight excluding hydrogens is 164 g/mol. The van der Waals surface area contributed by atoms with E-state index in [1.807, 2.05) is 6.92 Å². The summed E-state index contributed by atoms with van der Waals surface area (Å²) in [6, 6.07) is 1.79. The first-order valence-corrected chi connectivity index (χ1v) is 4.26. The van der Waals surface area contributed by atoms with Crippen LogP contribution in [0, 0.1) is 19.3 Å². The molecule has 1 aromatic heterocycles. The van der Waals surface area contributed by atoms with Crippen molar-refractivity contribution < 1.29 is 9.21 Å². The van der Waals surface area contributed by atoms with Gasteiger partial charge in [0.2, 0.25) is 0 Å². The number of terminal acetylenes is 1. The first kappa shape index (κ1) is 9.60. The monoisotopic (exact) mass is 176 g/mol. The minimum Gasteiger partial charge on any atom is -0.461 e. The van der Waals surface area contributed by atoms with Crippen LogP contribution in [0.4, 0.5) is 0 Å². The second-order valence-electron chi connectivity index (χ2n) is 2.91. The van der Waals surface area contributed by atoms with Crippen LogP contribution in [0.1, 0.15) is 35.4 Å². The summed E-state index contributed by atoms with van der Waals surface area (Å²) in [5.41, 5.74) is 0.894. The van der Waals surface area contributed by atoms with E-state index in [1.54, 1.807) is 6.07 Å². The number of ketones is 1. The van der Waals surface area contributed by atoms with Gasteiger partial charge in [-0.25, -0.2) is 0 Å². The van der Waals surface area contributed by atoms with Gasteiger partial charge >= 0.3 is 0 Å². The van der Waals surface area contributed by atoms with Crippen molar-refractivity contribution in [2.45, 2.75) is 26.2 Å². The smallest absolute Gasteiger partial charge is 0.198 e. The molecule has 13 heavy (non-hydrogen) atoms. The molecule has 1 aromatic rings. The number of aryl methyl sites for hydroxylation is 1. The Hall–Kier alpha value is -1.49. The van der Waals surface area contributed by atoms with Crippen molar-refractivity contribution in [1.82, 2.24) is 0 Å². The van der Waals surface area contributed by atoms with Gasteiger partial charge in [-0.05, 0) is 25.0 Å². The van der Waals surface area contributed by atoms with Crippen molar-refractivity contribution in [3.8, 4) is 12.3 Å². The molecule has 1 heterocycles. The van der Waals surface area contributed by atoms with Crippen molar-refractivity contribution in [1.29, 1.82) is 0 Å². The number of carbonyl (C=O) groups is 1. The molecule has 0 aliphatic rings. The Morgan fingerprint density at radius 3 is 3.00 bits per heavy atom. The Kier molecular flexibility index (Phi) is 3.33. The number of furan rings is 1. The summed E-state index contributed by atoms with van der Waals surface area (Å²) in [4.78, 5) is 11.4. The second-order valence-corrected chi connectivity index (χ2v) is 2.91. The molecule has 0 radical (unpaired) electrons. The van der Waals surface area contributed by atoms with Crippen LogP contribution < -0.4 is 0 Å². The van der Waals surface area contributed by atoms with Gasteiger partial charge in [-0.2, -0.15) is 0 Å². The SMILES string of the molecule is C#CCCCC(=O)c1occc1C. The third-order valence-electron chi connectivity index (χ3n) is 1.84. The van der Waals surface area contributed by atoms with E-state index in [4.69, 9.17) is 10.8 Å². The van der Waals surface area contributed by atoms with Gasteiger partial charge in [0.25, 0.3) is 0 Å². The first-order chi connectivity index (χ1) is 6.25. The third kappa shape index (κ3) is 2.48. The van der Waals surface area contributed by atoms with Gasteiger partial charge in [0.1, 0.15) is 0 Å². The molecule has 0 amide bonds. The Bertz CT molecular complexity index is 328. The van der Waals surface area contributed by atoms with Gasteiger partial charge in [0, 0.05) is 12.8 Å². The third-order valence-corrected chi connectivity index (χ3v) is 1.84. The lowest BCUT2D eigenvalue weighted by atomic mass is 10.1. The van der Waals surface area contributed by atoms with Gasteiger partial charge in [-0.1, -0.05) is 0 Å². The highest BCUT2D eigenvalue weighted by molar-refractivity contribution is 5.94. The molecule has 2 heteroatoms. The summed E-state index contributed by atoms with van der Waals surface area (Å²) in [6.45, 7) is 1.86. The average Bonchev–Trinajstić information content (AvgIpc) is 2.52. The number of unbranched alkanes of at least 4 members (excludes halogenated alkanes) is 1. The predicted molar refractivity (Wildman–Crippen MR) is 50.5 cm³/mol. The average molecular weight is 176 g/mol. The van der Waals surface area contributed by atoms with Crippen molar-refractivity contribution in [3.05, 3.63) is 23.7 Å². The highest BCUT2D eigenvalue weighted by atomic mass is 16.3. The molecule has 0 aliphatic heterocycles. The molecule has 0 aliphatic carbocycles. The lowest BCUT2D eigenvalue weighted by molar-refractivity contribution is 0.0953. The normalized spacial score (nSPS) is 9.54. The zero-order chi connectivity index (χ0) is 9.68. The molecule has 0 bridgehead atoms. The van der Waals surface area contributed by atoms with Gasteiger partial charge in [0.15, 0.2) is 11.5 Å². The van der Waals surface area contributed by atoms with Crippen LogP contribution >= 0.6 is 0 Å². The molecule has 0 aromatic carbocycles. The van der Waals surface area contributed by atoms with Crippen LogP contribution in [0.15, 0.2) is 16.7 Å². The summed E-state index contributed by atoms with van der Waals surface area (Å²) in [7, 11) is 0. The standard InChI is InChI=1S/C11H12O2/c1-3-4-5-6-10(12)11-9(2)7-8-13-11/h1,7-8H,4-6H2,2H3.